The number of halogens is 1. The highest BCUT2D eigenvalue weighted by molar-refractivity contribution is 7.13. The normalized spacial score (nSPS) is 17.8. The van der Waals surface area contributed by atoms with Gasteiger partial charge in [0.25, 0.3) is 0 Å². The van der Waals surface area contributed by atoms with Gasteiger partial charge in [-0.1, -0.05) is 42.5 Å². The zero-order valence-corrected chi connectivity index (χ0v) is 15.1. The number of amides is 1. The molecule has 0 spiro atoms. The van der Waals surface area contributed by atoms with Crippen LogP contribution in [-0.2, 0) is 11.3 Å². The van der Waals surface area contributed by atoms with Crippen molar-refractivity contribution in [2.45, 2.75) is 12.7 Å². The molecule has 26 heavy (non-hydrogen) atoms. The molecule has 0 radical (unpaired) electrons. The lowest BCUT2D eigenvalue weighted by atomic mass is 10.1. The summed E-state index contributed by atoms with van der Waals surface area (Å²) in [5, 5.41) is 2.60. The van der Waals surface area contributed by atoms with Crippen molar-refractivity contribution < 1.29 is 9.18 Å². The average Bonchev–Trinajstić information content (AvgIpc) is 3.21. The molecule has 1 aliphatic rings. The fraction of sp³-hybridized carbons (Fsp3) is 0.200. The summed E-state index contributed by atoms with van der Waals surface area (Å²) in [6.45, 7) is 0.892. The molecule has 0 bridgehead atoms. The molecule has 4 nitrogen and oxygen atoms in total. The highest BCUT2D eigenvalue weighted by Crippen LogP contribution is 2.32. The van der Waals surface area contributed by atoms with Crippen molar-refractivity contribution in [3.8, 4) is 10.6 Å². The van der Waals surface area contributed by atoms with Gasteiger partial charge in [-0.2, -0.15) is 0 Å². The van der Waals surface area contributed by atoms with E-state index in [0.29, 0.717) is 23.7 Å². The SMILES string of the molecule is CN1C(=O)CN(Cc2csc(-c3ccccc3F)n2)[C@@H]1c1ccccc1. The molecule has 1 amide bonds. The van der Waals surface area contributed by atoms with E-state index in [2.05, 4.69) is 9.88 Å². The zero-order chi connectivity index (χ0) is 18.1. The lowest BCUT2D eigenvalue weighted by Crippen LogP contribution is -2.29. The van der Waals surface area contributed by atoms with Crippen LogP contribution >= 0.6 is 11.3 Å². The third-order valence-electron chi connectivity index (χ3n) is 4.56. The van der Waals surface area contributed by atoms with Crippen LogP contribution in [0, 0.1) is 5.82 Å². The second-order valence-electron chi connectivity index (χ2n) is 6.32. The summed E-state index contributed by atoms with van der Waals surface area (Å²) < 4.78 is 14.0. The van der Waals surface area contributed by atoms with Gasteiger partial charge >= 0.3 is 0 Å². The van der Waals surface area contributed by atoms with Crippen molar-refractivity contribution in [1.29, 1.82) is 0 Å². The molecular formula is C20H18FN3OS. The number of hydrogen-bond acceptors (Lipinski definition) is 4. The van der Waals surface area contributed by atoms with E-state index < -0.39 is 0 Å². The molecule has 2 aromatic carbocycles. The van der Waals surface area contributed by atoms with Crippen LogP contribution in [-0.4, -0.2) is 34.3 Å². The largest absolute Gasteiger partial charge is 0.325 e. The number of carbonyl (C=O) groups excluding carboxylic acids is 1. The van der Waals surface area contributed by atoms with Crippen molar-refractivity contribution in [2.24, 2.45) is 0 Å². The predicted molar refractivity (Wildman–Crippen MR) is 99.9 cm³/mol. The van der Waals surface area contributed by atoms with Gasteiger partial charge in [0.15, 0.2) is 0 Å². The first-order chi connectivity index (χ1) is 12.6. The minimum Gasteiger partial charge on any atom is -0.325 e. The number of likely N-dealkylation sites (N-methyl/N-ethyl adjacent to an activating group) is 1. The maximum atomic E-state index is 14.0. The van der Waals surface area contributed by atoms with Crippen molar-refractivity contribution >= 4 is 17.2 Å². The Morgan fingerprint density at radius 2 is 1.88 bits per heavy atom. The molecule has 1 aliphatic heterocycles. The topological polar surface area (TPSA) is 36.4 Å². The molecule has 4 rings (SSSR count). The number of hydrogen-bond donors (Lipinski definition) is 0. The van der Waals surface area contributed by atoms with Gasteiger partial charge in [0, 0.05) is 24.5 Å². The molecule has 0 unspecified atom stereocenters. The van der Waals surface area contributed by atoms with Gasteiger partial charge in [-0.05, 0) is 17.7 Å². The van der Waals surface area contributed by atoms with Crippen molar-refractivity contribution in [1.82, 2.24) is 14.8 Å². The van der Waals surface area contributed by atoms with E-state index in [-0.39, 0.29) is 17.9 Å². The number of benzene rings is 2. The Morgan fingerprint density at radius 1 is 1.15 bits per heavy atom. The van der Waals surface area contributed by atoms with E-state index in [1.54, 1.807) is 23.1 Å². The second kappa shape index (κ2) is 6.97. The monoisotopic (exact) mass is 367 g/mol. The van der Waals surface area contributed by atoms with Gasteiger partial charge in [-0.25, -0.2) is 9.37 Å². The highest BCUT2D eigenvalue weighted by Gasteiger charge is 2.36. The maximum Gasteiger partial charge on any atom is 0.238 e. The Kier molecular flexibility index (Phi) is 4.53. The van der Waals surface area contributed by atoms with Gasteiger partial charge in [-0.15, -0.1) is 11.3 Å². The fourth-order valence-electron chi connectivity index (χ4n) is 3.30. The first-order valence-corrected chi connectivity index (χ1v) is 9.25. The average molecular weight is 367 g/mol. The number of thiazole rings is 1. The number of nitrogens with zero attached hydrogens (tertiary/aromatic N) is 3. The van der Waals surface area contributed by atoms with Crippen LogP contribution in [0.3, 0.4) is 0 Å². The van der Waals surface area contributed by atoms with Crippen LogP contribution in [0.1, 0.15) is 17.4 Å². The summed E-state index contributed by atoms with van der Waals surface area (Å²) in [4.78, 5) is 20.7. The third kappa shape index (κ3) is 3.13. The van der Waals surface area contributed by atoms with Crippen LogP contribution in [0.5, 0.6) is 0 Å². The highest BCUT2D eigenvalue weighted by atomic mass is 32.1. The van der Waals surface area contributed by atoms with Crippen molar-refractivity contribution in [3.05, 3.63) is 77.1 Å². The fourth-order valence-corrected chi connectivity index (χ4v) is 4.14. The summed E-state index contributed by atoms with van der Waals surface area (Å²) in [5.74, 6) is -0.185. The third-order valence-corrected chi connectivity index (χ3v) is 5.49. The molecule has 2 heterocycles. The molecule has 1 fully saturated rings. The Balaban J connectivity index is 1.59. The number of aromatic nitrogens is 1. The second-order valence-corrected chi connectivity index (χ2v) is 7.18. The van der Waals surface area contributed by atoms with E-state index in [9.17, 15) is 9.18 Å². The molecule has 1 saturated heterocycles. The van der Waals surface area contributed by atoms with E-state index in [1.807, 2.05) is 42.8 Å². The predicted octanol–water partition coefficient (Wildman–Crippen LogP) is 3.92. The summed E-state index contributed by atoms with van der Waals surface area (Å²) in [6, 6.07) is 16.6. The summed E-state index contributed by atoms with van der Waals surface area (Å²) in [5.41, 5.74) is 2.43. The Bertz CT molecular complexity index is 928. The van der Waals surface area contributed by atoms with Crippen molar-refractivity contribution in [3.63, 3.8) is 0 Å². The smallest absolute Gasteiger partial charge is 0.238 e. The Labute approximate surface area is 155 Å². The molecule has 132 valence electrons. The molecule has 1 atom stereocenters. The lowest BCUT2D eigenvalue weighted by molar-refractivity contribution is -0.126. The molecular weight excluding hydrogens is 349 g/mol. The van der Waals surface area contributed by atoms with Crippen LogP contribution in [0.15, 0.2) is 60.0 Å². The lowest BCUT2D eigenvalue weighted by Gasteiger charge is -2.27. The van der Waals surface area contributed by atoms with Crippen LogP contribution in [0.25, 0.3) is 10.6 Å². The standard InChI is InChI=1S/C20H18FN3OS/c1-23-18(25)12-24(20(23)14-7-3-2-4-8-14)11-15-13-26-19(22-15)16-9-5-6-10-17(16)21/h2-10,13,20H,11-12H2,1H3/t20-/m1/s1. The van der Waals surface area contributed by atoms with E-state index >= 15 is 0 Å². The van der Waals surface area contributed by atoms with Crippen molar-refractivity contribution in [2.75, 3.05) is 13.6 Å². The quantitative estimate of drug-likeness (QED) is 0.701. The van der Waals surface area contributed by atoms with Crippen LogP contribution in [0.4, 0.5) is 4.39 Å². The molecule has 0 saturated carbocycles. The van der Waals surface area contributed by atoms with Gasteiger partial charge in [0.1, 0.15) is 17.0 Å². The van der Waals surface area contributed by atoms with Crippen LogP contribution < -0.4 is 0 Å². The molecule has 3 aromatic rings. The molecule has 0 N–H and O–H groups in total. The van der Waals surface area contributed by atoms with Gasteiger partial charge in [0.05, 0.1) is 12.2 Å². The Hall–Kier alpha value is -2.57. The maximum absolute atomic E-state index is 14.0. The van der Waals surface area contributed by atoms with E-state index in [4.69, 9.17) is 0 Å². The zero-order valence-electron chi connectivity index (χ0n) is 14.3. The van der Waals surface area contributed by atoms with Gasteiger partial charge in [-0.3, -0.25) is 9.69 Å². The van der Waals surface area contributed by atoms with E-state index in [0.717, 1.165) is 11.3 Å². The minimum atomic E-state index is -0.272. The van der Waals surface area contributed by atoms with Gasteiger partial charge < -0.3 is 4.90 Å². The summed E-state index contributed by atoms with van der Waals surface area (Å²) in [7, 11) is 1.83. The first-order valence-electron chi connectivity index (χ1n) is 8.37. The first kappa shape index (κ1) is 16.9. The molecule has 0 aliphatic carbocycles. The van der Waals surface area contributed by atoms with Crippen LogP contribution in [0.2, 0.25) is 0 Å². The molecule has 1 aromatic heterocycles. The minimum absolute atomic E-state index is 0.0865. The van der Waals surface area contributed by atoms with Gasteiger partial charge in [0.2, 0.25) is 5.91 Å². The summed E-state index contributed by atoms with van der Waals surface area (Å²) in [6.07, 6.45) is -0.109. The summed E-state index contributed by atoms with van der Waals surface area (Å²) >= 11 is 1.42. The number of carbonyl (C=O) groups is 1. The van der Waals surface area contributed by atoms with E-state index in [1.165, 1.54) is 17.4 Å². The molecule has 6 heteroatoms. The number of rotatable bonds is 4. The Morgan fingerprint density at radius 3 is 2.65 bits per heavy atom.